The van der Waals surface area contributed by atoms with Gasteiger partial charge in [0.05, 0.1) is 29.8 Å². The number of esters is 2. The van der Waals surface area contributed by atoms with Gasteiger partial charge in [-0.3, -0.25) is 4.57 Å². The maximum Gasteiger partial charge on any atom is 0.344 e. The molecule has 2 aromatic heterocycles. The van der Waals surface area contributed by atoms with E-state index in [0.717, 1.165) is 19.3 Å². The van der Waals surface area contributed by atoms with Crippen LogP contribution in [0.1, 0.15) is 60.7 Å². The van der Waals surface area contributed by atoms with Crippen molar-refractivity contribution in [2.24, 2.45) is 5.92 Å². The topological polar surface area (TPSA) is 109 Å². The van der Waals surface area contributed by atoms with Gasteiger partial charge in [0.15, 0.2) is 5.65 Å². The molecule has 0 aliphatic rings. The monoisotopic (exact) mass is 474 g/mol. The second-order valence-corrected chi connectivity index (χ2v) is 8.63. The number of carbonyl (C=O) groups excluding carboxylic acids is 2. The van der Waals surface area contributed by atoms with Gasteiger partial charge in [-0.2, -0.15) is 0 Å². The summed E-state index contributed by atoms with van der Waals surface area (Å²) < 4.78 is 12.5. The molecule has 4 aromatic rings. The summed E-state index contributed by atoms with van der Waals surface area (Å²) in [6.45, 7) is 6.77. The number of nitrogens with zero attached hydrogens (tertiary/aromatic N) is 3. The Kier molecular flexibility index (Phi) is 7.29. The van der Waals surface area contributed by atoms with E-state index in [-0.39, 0.29) is 29.9 Å². The van der Waals surface area contributed by atoms with Crippen LogP contribution >= 0.6 is 0 Å². The molecular formula is C27H30N4O4. The number of ether oxygens (including phenoxy) is 2. The van der Waals surface area contributed by atoms with Gasteiger partial charge in [0.1, 0.15) is 16.9 Å². The fraction of sp³-hybridized carbons (Fsp3) is 0.333. The number of fused-ring (bicyclic) bond motifs is 2. The quantitative estimate of drug-likeness (QED) is 0.258. The second-order valence-electron chi connectivity index (χ2n) is 8.63. The summed E-state index contributed by atoms with van der Waals surface area (Å²) in [6, 6.07) is 14.3. The number of aromatic nitrogens is 3. The van der Waals surface area contributed by atoms with Crippen LogP contribution in [0.5, 0.6) is 0 Å². The molecule has 0 unspecified atom stereocenters. The van der Waals surface area contributed by atoms with Crippen LogP contribution in [0.2, 0.25) is 0 Å². The van der Waals surface area contributed by atoms with Gasteiger partial charge in [-0.15, -0.1) is 0 Å². The van der Waals surface area contributed by atoms with E-state index >= 15 is 0 Å². The Morgan fingerprint density at radius 2 is 1.66 bits per heavy atom. The minimum absolute atomic E-state index is 0.183. The average Bonchev–Trinajstić information content (AvgIpc) is 3.16. The van der Waals surface area contributed by atoms with E-state index in [1.165, 1.54) is 0 Å². The van der Waals surface area contributed by atoms with Gasteiger partial charge >= 0.3 is 11.9 Å². The molecule has 0 aliphatic carbocycles. The summed E-state index contributed by atoms with van der Waals surface area (Å²) in [5, 5.41) is 0. The van der Waals surface area contributed by atoms with Crippen molar-refractivity contribution in [1.29, 1.82) is 0 Å². The van der Waals surface area contributed by atoms with Crippen LogP contribution in [0.3, 0.4) is 0 Å². The lowest BCUT2D eigenvalue weighted by atomic mass is 10.1. The Bertz CT molecular complexity index is 1360. The third kappa shape index (κ3) is 4.96. The third-order valence-electron chi connectivity index (χ3n) is 5.99. The largest absolute Gasteiger partial charge is 0.462 e. The number of hydrogen-bond acceptors (Lipinski definition) is 7. The number of para-hydroxylation sites is 2. The van der Waals surface area contributed by atoms with E-state index in [4.69, 9.17) is 25.2 Å². The molecule has 0 aliphatic heterocycles. The minimum Gasteiger partial charge on any atom is -0.462 e. The molecule has 0 amide bonds. The number of benzene rings is 2. The molecule has 182 valence electrons. The summed E-state index contributed by atoms with van der Waals surface area (Å²) in [6.07, 6.45) is 2.66. The van der Waals surface area contributed by atoms with Crippen LogP contribution in [-0.4, -0.2) is 39.7 Å². The predicted molar refractivity (Wildman–Crippen MR) is 136 cm³/mol. The molecule has 4 rings (SSSR count). The maximum atomic E-state index is 13.1. The minimum atomic E-state index is -0.535. The SMILES string of the molecule is CCCCOC(=O)c1ccc(-n2c(N)c(C(=O)OC[C@H](C)CC)c3nc4ccccc4nc32)cc1. The Labute approximate surface area is 204 Å². The van der Waals surface area contributed by atoms with Crippen LogP contribution in [0.4, 0.5) is 5.82 Å². The zero-order valence-corrected chi connectivity index (χ0v) is 20.3. The number of anilines is 1. The van der Waals surface area contributed by atoms with E-state index in [1.807, 2.05) is 45.0 Å². The van der Waals surface area contributed by atoms with Gasteiger partial charge in [0.2, 0.25) is 0 Å². The third-order valence-corrected chi connectivity index (χ3v) is 5.99. The lowest BCUT2D eigenvalue weighted by Gasteiger charge is -2.10. The lowest BCUT2D eigenvalue weighted by molar-refractivity contribution is 0.0449. The molecule has 0 fully saturated rings. The standard InChI is InChI=1S/C27H30N4O4/c1-4-6-15-34-26(32)18-11-13-19(14-12-18)31-24(28)22(27(33)35-16-17(3)5-2)23-25(31)30-21-10-8-7-9-20(21)29-23/h7-14,17H,4-6,15-16,28H2,1-3H3/t17-/m1/s1. The number of nitrogen functional groups attached to an aromatic ring is 1. The molecule has 8 heteroatoms. The van der Waals surface area contributed by atoms with E-state index in [9.17, 15) is 9.59 Å². The average molecular weight is 475 g/mol. The summed E-state index contributed by atoms with van der Waals surface area (Å²) in [4.78, 5) is 34.9. The molecule has 2 N–H and O–H groups in total. The normalized spacial score (nSPS) is 12.1. The van der Waals surface area contributed by atoms with Crippen molar-refractivity contribution < 1.29 is 19.1 Å². The molecule has 8 nitrogen and oxygen atoms in total. The van der Waals surface area contributed by atoms with Crippen LogP contribution in [-0.2, 0) is 9.47 Å². The smallest absolute Gasteiger partial charge is 0.344 e. The van der Waals surface area contributed by atoms with Crippen molar-refractivity contribution in [1.82, 2.24) is 14.5 Å². The molecule has 2 heterocycles. The number of unbranched alkanes of at least 4 members (excludes halogenated alkanes) is 1. The first-order valence-electron chi connectivity index (χ1n) is 12.0. The Balaban J connectivity index is 1.78. The number of nitrogens with two attached hydrogens (primary N) is 1. The van der Waals surface area contributed by atoms with Crippen molar-refractivity contribution in [3.8, 4) is 5.69 Å². The highest BCUT2D eigenvalue weighted by molar-refractivity contribution is 6.09. The number of hydrogen-bond donors (Lipinski definition) is 1. The van der Waals surface area contributed by atoms with Gasteiger partial charge in [-0.1, -0.05) is 45.7 Å². The van der Waals surface area contributed by atoms with Gasteiger partial charge < -0.3 is 15.2 Å². The Morgan fingerprint density at radius 1 is 0.971 bits per heavy atom. The van der Waals surface area contributed by atoms with Crippen molar-refractivity contribution >= 4 is 40.0 Å². The van der Waals surface area contributed by atoms with Crippen LogP contribution < -0.4 is 5.73 Å². The van der Waals surface area contributed by atoms with Crippen molar-refractivity contribution in [3.05, 3.63) is 59.7 Å². The Hall–Kier alpha value is -3.94. The first kappa shape index (κ1) is 24.2. The van der Waals surface area contributed by atoms with Crippen LogP contribution in [0, 0.1) is 5.92 Å². The van der Waals surface area contributed by atoms with Gasteiger partial charge in [0.25, 0.3) is 0 Å². The van der Waals surface area contributed by atoms with Gasteiger partial charge in [-0.05, 0) is 48.7 Å². The second kappa shape index (κ2) is 10.5. The summed E-state index contributed by atoms with van der Waals surface area (Å²) in [7, 11) is 0. The molecule has 0 spiro atoms. The van der Waals surface area contributed by atoms with Crippen LogP contribution in [0.25, 0.3) is 27.9 Å². The predicted octanol–water partition coefficient (Wildman–Crippen LogP) is 5.32. The van der Waals surface area contributed by atoms with Gasteiger partial charge in [-0.25, -0.2) is 19.6 Å². The van der Waals surface area contributed by atoms with Crippen LogP contribution in [0.15, 0.2) is 48.5 Å². The summed E-state index contributed by atoms with van der Waals surface area (Å²) in [5.41, 5.74) is 9.92. The molecule has 1 atom stereocenters. The zero-order valence-electron chi connectivity index (χ0n) is 20.3. The first-order valence-corrected chi connectivity index (χ1v) is 12.0. The molecule has 0 saturated heterocycles. The lowest BCUT2D eigenvalue weighted by Crippen LogP contribution is -2.13. The highest BCUT2D eigenvalue weighted by Gasteiger charge is 2.26. The molecule has 0 bridgehead atoms. The van der Waals surface area contributed by atoms with Crippen molar-refractivity contribution in [2.45, 2.75) is 40.0 Å². The molecule has 0 saturated carbocycles. The molecule has 2 aromatic carbocycles. The van der Waals surface area contributed by atoms with Gasteiger partial charge in [0, 0.05) is 5.69 Å². The zero-order chi connectivity index (χ0) is 24.9. The highest BCUT2D eigenvalue weighted by atomic mass is 16.5. The maximum absolute atomic E-state index is 13.1. The molecule has 35 heavy (non-hydrogen) atoms. The number of carbonyl (C=O) groups is 2. The van der Waals surface area contributed by atoms with Crippen molar-refractivity contribution in [2.75, 3.05) is 18.9 Å². The van der Waals surface area contributed by atoms with E-state index < -0.39 is 5.97 Å². The fourth-order valence-electron chi connectivity index (χ4n) is 3.67. The van der Waals surface area contributed by atoms with E-state index in [0.29, 0.717) is 40.1 Å². The summed E-state index contributed by atoms with van der Waals surface area (Å²) >= 11 is 0. The molecule has 0 radical (unpaired) electrons. The summed E-state index contributed by atoms with van der Waals surface area (Å²) in [5.74, 6) is -0.504. The fourth-order valence-corrected chi connectivity index (χ4v) is 3.67. The van der Waals surface area contributed by atoms with Crippen molar-refractivity contribution in [3.63, 3.8) is 0 Å². The molecular weight excluding hydrogens is 444 g/mol. The Morgan fingerprint density at radius 3 is 2.31 bits per heavy atom. The first-order chi connectivity index (χ1) is 16.9. The van der Waals surface area contributed by atoms with E-state index in [1.54, 1.807) is 28.8 Å². The highest BCUT2D eigenvalue weighted by Crippen LogP contribution is 2.31. The van der Waals surface area contributed by atoms with E-state index in [2.05, 4.69) is 0 Å². The number of rotatable bonds is 9.